The highest BCUT2D eigenvalue weighted by molar-refractivity contribution is 6.32. The monoisotopic (exact) mass is 288 g/mol. The third kappa shape index (κ3) is 3.01. The first-order chi connectivity index (χ1) is 9.84. The molecule has 0 aliphatic carbocycles. The molecule has 1 fully saturated rings. The number of rotatable bonds is 4. The van der Waals surface area contributed by atoms with Crippen molar-refractivity contribution in [3.63, 3.8) is 0 Å². The molecule has 0 amide bonds. The number of ether oxygens (including phenoxy) is 1. The first kappa shape index (κ1) is 13.6. The summed E-state index contributed by atoms with van der Waals surface area (Å²) in [7, 11) is 0. The predicted molar refractivity (Wildman–Crippen MR) is 80.7 cm³/mol. The molecule has 1 saturated heterocycles. The standard InChI is InChI=1S/C16H17ClN2O/c17-16-15(6-3-8-19-16)14-5-2-1-4-12(14)11-20-13-7-9-18-10-13/h1-6,8,13,18H,7,9-11H2/t13-/m0/s1. The number of hydrogen-bond donors (Lipinski definition) is 1. The molecule has 1 aromatic heterocycles. The van der Waals surface area contributed by atoms with Gasteiger partial charge in [0.15, 0.2) is 0 Å². The molecule has 0 bridgehead atoms. The Morgan fingerprint density at radius 2 is 2.05 bits per heavy atom. The second-order valence-electron chi connectivity index (χ2n) is 4.92. The maximum Gasteiger partial charge on any atom is 0.136 e. The van der Waals surface area contributed by atoms with Gasteiger partial charge < -0.3 is 10.1 Å². The van der Waals surface area contributed by atoms with Crippen molar-refractivity contribution in [2.75, 3.05) is 13.1 Å². The summed E-state index contributed by atoms with van der Waals surface area (Å²) in [5.41, 5.74) is 3.20. The Morgan fingerprint density at radius 3 is 2.85 bits per heavy atom. The Bertz CT molecular complexity index is 582. The minimum absolute atomic E-state index is 0.312. The maximum atomic E-state index is 6.20. The van der Waals surface area contributed by atoms with E-state index in [0.29, 0.717) is 17.9 Å². The van der Waals surface area contributed by atoms with Crippen molar-refractivity contribution in [1.82, 2.24) is 10.3 Å². The van der Waals surface area contributed by atoms with E-state index in [-0.39, 0.29) is 0 Å². The van der Waals surface area contributed by atoms with E-state index in [1.165, 1.54) is 0 Å². The molecule has 20 heavy (non-hydrogen) atoms. The Morgan fingerprint density at radius 1 is 1.20 bits per heavy atom. The molecule has 1 aromatic carbocycles. The van der Waals surface area contributed by atoms with Gasteiger partial charge in [-0.2, -0.15) is 0 Å². The predicted octanol–water partition coefficient (Wildman–Crippen LogP) is 3.28. The van der Waals surface area contributed by atoms with Crippen molar-refractivity contribution < 1.29 is 4.74 Å². The van der Waals surface area contributed by atoms with Gasteiger partial charge in [0.25, 0.3) is 0 Å². The number of nitrogens with one attached hydrogen (secondary N) is 1. The lowest BCUT2D eigenvalue weighted by atomic mass is 10.0. The first-order valence-corrected chi connectivity index (χ1v) is 7.23. The summed E-state index contributed by atoms with van der Waals surface area (Å²) in [5, 5.41) is 3.84. The molecule has 2 heterocycles. The second-order valence-corrected chi connectivity index (χ2v) is 5.28. The zero-order valence-corrected chi connectivity index (χ0v) is 11.9. The highest BCUT2D eigenvalue weighted by Gasteiger charge is 2.16. The van der Waals surface area contributed by atoms with E-state index in [0.717, 1.165) is 36.2 Å². The van der Waals surface area contributed by atoms with Crippen LogP contribution < -0.4 is 5.32 Å². The van der Waals surface area contributed by atoms with Crippen LogP contribution >= 0.6 is 11.6 Å². The van der Waals surface area contributed by atoms with Crippen LogP contribution in [0.5, 0.6) is 0 Å². The lowest BCUT2D eigenvalue weighted by molar-refractivity contribution is 0.0545. The summed E-state index contributed by atoms with van der Waals surface area (Å²) in [6.07, 6.45) is 3.10. The summed E-state index contributed by atoms with van der Waals surface area (Å²) in [4.78, 5) is 4.15. The highest BCUT2D eigenvalue weighted by Crippen LogP contribution is 2.29. The van der Waals surface area contributed by atoms with Gasteiger partial charge >= 0.3 is 0 Å². The molecular formula is C16H17ClN2O. The normalized spacial score (nSPS) is 18.4. The van der Waals surface area contributed by atoms with Crippen molar-refractivity contribution >= 4 is 11.6 Å². The van der Waals surface area contributed by atoms with E-state index in [9.17, 15) is 0 Å². The fraction of sp³-hybridized carbons (Fsp3) is 0.312. The van der Waals surface area contributed by atoms with E-state index in [1.54, 1.807) is 6.20 Å². The minimum atomic E-state index is 0.312. The average Bonchev–Trinajstić information content (AvgIpc) is 2.99. The molecule has 1 N–H and O–H groups in total. The summed E-state index contributed by atoms with van der Waals surface area (Å²) in [6, 6.07) is 12.1. The van der Waals surface area contributed by atoms with Gasteiger partial charge in [-0.15, -0.1) is 0 Å². The number of pyridine rings is 1. The fourth-order valence-electron chi connectivity index (χ4n) is 2.47. The first-order valence-electron chi connectivity index (χ1n) is 6.86. The van der Waals surface area contributed by atoms with Gasteiger partial charge in [-0.05, 0) is 36.2 Å². The van der Waals surface area contributed by atoms with Gasteiger partial charge in [-0.1, -0.05) is 35.9 Å². The van der Waals surface area contributed by atoms with Gasteiger partial charge in [0, 0.05) is 18.3 Å². The van der Waals surface area contributed by atoms with Crippen LogP contribution in [0.15, 0.2) is 42.6 Å². The number of benzene rings is 1. The number of halogens is 1. The average molecular weight is 289 g/mol. The zero-order chi connectivity index (χ0) is 13.8. The van der Waals surface area contributed by atoms with Gasteiger partial charge in [0.1, 0.15) is 5.15 Å². The lowest BCUT2D eigenvalue weighted by Crippen LogP contribution is -2.16. The smallest absolute Gasteiger partial charge is 0.136 e. The van der Waals surface area contributed by atoms with Crippen LogP contribution in [-0.2, 0) is 11.3 Å². The van der Waals surface area contributed by atoms with E-state index in [1.807, 2.05) is 24.3 Å². The van der Waals surface area contributed by atoms with Crippen LogP contribution in [0.3, 0.4) is 0 Å². The number of hydrogen-bond acceptors (Lipinski definition) is 3. The van der Waals surface area contributed by atoms with Gasteiger partial charge in [0.2, 0.25) is 0 Å². The summed E-state index contributed by atoms with van der Waals surface area (Å²) in [6.45, 7) is 2.59. The van der Waals surface area contributed by atoms with Crippen LogP contribution in [0, 0.1) is 0 Å². The van der Waals surface area contributed by atoms with E-state index < -0.39 is 0 Å². The number of nitrogens with zero attached hydrogens (tertiary/aromatic N) is 1. The molecule has 3 rings (SSSR count). The topological polar surface area (TPSA) is 34.1 Å². The van der Waals surface area contributed by atoms with Gasteiger partial charge in [-0.25, -0.2) is 4.98 Å². The van der Waals surface area contributed by atoms with Crippen molar-refractivity contribution in [2.45, 2.75) is 19.1 Å². The molecule has 4 heteroatoms. The summed E-state index contributed by atoms with van der Waals surface area (Å²) >= 11 is 6.20. The van der Waals surface area contributed by atoms with E-state index in [2.05, 4.69) is 22.4 Å². The number of aromatic nitrogens is 1. The molecule has 104 valence electrons. The zero-order valence-electron chi connectivity index (χ0n) is 11.2. The van der Waals surface area contributed by atoms with Crippen molar-refractivity contribution in [3.05, 3.63) is 53.3 Å². The quantitative estimate of drug-likeness (QED) is 0.877. The van der Waals surface area contributed by atoms with Crippen LogP contribution in [-0.4, -0.2) is 24.2 Å². The molecule has 2 aromatic rings. The molecule has 0 saturated carbocycles. The Hall–Kier alpha value is -1.42. The Labute approximate surface area is 123 Å². The van der Waals surface area contributed by atoms with Crippen molar-refractivity contribution in [3.8, 4) is 11.1 Å². The third-order valence-electron chi connectivity index (χ3n) is 3.56. The Kier molecular flexibility index (Phi) is 4.31. The maximum absolute atomic E-state index is 6.20. The molecule has 1 aliphatic heterocycles. The second kappa shape index (κ2) is 6.35. The fourth-order valence-corrected chi connectivity index (χ4v) is 2.70. The molecule has 1 atom stereocenters. The Balaban J connectivity index is 1.82. The van der Waals surface area contributed by atoms with Gasteiger partial charge in [0.05, 0.1) is 12.7 Å². The molecular weight excluding hydrogens is 272 g/mol. The third-order valence-corrected chi connectivity index (χ3v) is 3.86. The molecule has 0 unspecified atom stereocenters. The highest BCUT2D eigenvalue weighted by atomic mass is 35.5. The van der Waals surface area contributed by atoms with Crippen LogP contribution in [0.1, 0.15) is 12.0 Å². The SMILES string of the molecule is Clc1ncccc1-c1ccccc1CO[C@H]1CCNC1. The van der Waals surface area contributed by atoms with Crippen molar-refractivity contribution in [2.24, 2.45) is 0 Å². The van der Waals surface area contributed by atoms with E-state index >= 15 is 0 Å². The van der Waals surface area contributed by atoms with Crippen LogP contribution in [0.25, 0.3) is 11.1 Å². The molecule has 0 spiro atoms. The van der Waals surface area contributed by atoms with E-state index in [4.69, 9.17) is 16.3 Å². The molecule has 3 nitrogen and oxygen atoms in total. The van der Waals surface area contributed by atoms with Crippen molar-refractivity contribution in [1.29, 1.82) is 0 Å². The lowest BCUT2D eigenvalue weighted by Gasteiger charge is -2.14. The van der Waals surface area contributed by atoms with Crippen LogP contribution in [0.4, 0.5) is 0 Å². The summed E-state index contributed by atoms with van der Waals surface area (Å²) < 4.78 is 5.97. The molecule has 1 aliphatic rings. The molecule has 0 radical (unpaired) electrons. The summed E-state index contributed by atoms with van der Waals surface area (Å²) in [5.74, 6) is 0. The van der Waals surface area contributed by atoms with Crippen LogP contribution in [0.2, 0.25) is 5.15 Å². The van der Waals surface area contributed by atoms with Gasteiger partial charge in [-0.3, -0.25) is 0 Å². The minimum Gasteiger partial charge on any atom is -0.372 e. The largest absolute Gasteiger partial charge is 0.372 e.